The summed E-state index contributed by atoms with van der Waals surface area (Å²) in [6.07, 6.45) is 2.29. The van der Waals surface area contributed by atoms with Crippen molar-refractivity contribution in [3.8, 4) is 0 Å². The van der Waals surface area contributed by atoms with E-state index in [2.05, 4.69) is 28.2 Å². The van der Waals surface area contributed by atoms with Crippen molar-refractivity contribution in [1.82, 2.24) is 5.32 Å². The Bertz CT molecular complexity index is 318. The van der Waals surface area contributed by atoms with Gasteiger partial charge in [-0.15, -0.1) is 0 Å². The Balaban J connectivity index is 1.86. The Morgan fingerprint density at radius 2 is 2.47 bits per heavy atom. The van der Waals surface area contributed by atoms with E-state index >= 15 is 0 Å². The fourth-order valence-electron chi connectivity index (χ4n) is 1.83. The highest BCUT2D eigenvalue weighted by atomic mass is 79.9. The van der Waals surface area contributed by atoms with Gasteiger partial charge in [-0.2, -0.15) is 0 Å². The van der Waals surface area contributed by atoms with Gasteiger partial charge < -0.3 is 14.5 Å². The third kappa shape index (κ3) is 3.06. The lowest BCUT2D eigenvalue weighted by atomic mass is 9.96. The second-order valence-electron chi connectivity index (χ2n) is 4.22. The van der Waals surface area contributed by atoms with Gasteiger partial charge in [0.15, 0.2) is 4.67 Å². The van der Waals surface area contributed by atoms with Crippen molar-refractivity contribution < 1.29 is 9.15 Å². The number of hydrogen-bond donors (Lipinski definition) is 1. The monoisotopic (exact) mass is 273 g/mol. The van der Waals surface area contributed by atoms with Gasteiger partial charge in [-0.25, -0.2) is 0 Å². The number of piperidine rings is 1. The van der Waals surface area contributed by atoms with E-state index in [1.54, 1.807) is 0 Å². The van der Waals surface area contributed by atoms with E-state index in [0.717, 1.165) is 29.9 Å². The first-order valence-electron chi connectivity index (χ1n) is 5.27. The summed E-state index contributed by atoms with van der Waals surface area (Å²) in [5.41, 5.74) is -0.0441. The van der Waals surface area contributed by atoms with Crippen LogP contribution in [0.3, 0.4) is 0 Å². The van der Waals surface area contributed by atoms with Crippen molar-refractivity contribution in [2.45, 2.75) is 32.0 Å². The van der Waals surface area contributed by atoms with Crippen molar-refractivity contribution in [2.75, 3.05) is 13.1 Å². The van der Waals surface area contributed by atoms with Crippen LogP contribution in [0.5, 0.6) is 0 Å². The zero-order chi connectivity index (χ0) is 10.7. The van der Waals surface area contributed by atoms with Crippen molar-refractivity contribution in [2.24, 2.45) is 0 Å². The number of rotatable bonds is 3. The first kappa shape index (κ1) is 11.2. The average molecular weight is 274 g/mol. The zero-order valence-corrected chi connectivity index (χ0v) is 10.5. The zero-order valence-electron chi connectivity index (χ0n) is 8.88. The lowest BCUT2D eigenvalue weighted by Crippen LogP contribution is -2.45. The second-order valence-corrected chi connectivity index (χ2v) is 5.01. The SMILES string of the molecule is CC1(OCc2ccc(Br)o2)CCCNC1. The molecule has 0 aliphatic carbocycles. The topological polar surface area (TPSA) is 34.4 Å². The van der Waals surface area contributed by atoms with E-state index in [1.165, 1.54) is 6.42 Å². The third-order valence-electron chi connectivity index (χ3n) is 2.75. The molecule has 4 heteroatoms. The van der Waals surface area contributed by atoms with Gasteiger partial charge in [-0.05, 0) is 54.4 Å². The predicted octanol–water partition coefficient (Wildman–Crippen LogP) is 2.70. The van der Waals surface area contributed by atoms with Crippen molar-refractivity contribution in [3.63, 3.8) is 0 Å². The Labute approximate surface area is 98.3 Å². The van der Waals surface area contributed by atoms with Gasteiger partial charge in [0.2, 0.25) is 0 Å². The molecule has 2 rings (SSSR count). The van der Waals surface area contributed by atoms with Crippen LogP contribution in [-0.2, 0) is 11.3 Å². The Morgan fingerprint density at radius 1 is 1.60 bits per heavy atom. The largest absolute Gasteiger partial charge is 0.452 e. The molecule has 84 valence electrons. The van der Waals surface area contributed by atoms with Gasteiger partial charge in [0.05, 0.1) is 5.60 Å². The van der Waals surface area contributed by atoms with Crippen LogP contribution in [0, 0.1) is 0 Å². The first-order valence-corrected chi connectivity index (χ1v) is 6.06. The third-order valence-corrected chi connectivity index (χ3v) is 3.18. The molecule has 1 N–H and O–H groups in total. The number of hydrogen-bond acceptors (Lipinski definition) is 3. The summed E-state index contributed by atoms with van der Waals surface area (Å²) in [5, 5.41) is 3.35. The van der Waals surface area contributed by atoms with Crippen LogP contribution in [0.2, 0.25) is 0 Å². The van der Waals surface area contributed by atoms with Crippen LogP contribution in [-0.4, -0.2) is 18.7 Å². The molecule has 0 spiro atoms. The minimum Gasteiger partial charge on any atom is -0.452 e. The van der Waals surface area contributed by atoms with Crippen molar-refractivity contribution in [1.29, 1.82) is 0 Å². The van der Waals surface area contributed by atoms with Crippen LogP contribution in [0.1, 0.15) is 25.5 Å². The molecule has 1 aliphatic heterocycles. The molecule has 3 nitrogen and oxygen atoms in total. The highest BCUT2D eigenvalue weighted by Gasteiger charge is 2.27. The predicted molar refractivity (Wildman–Crippen MR) is 61.7 cm³/mol. The molecule has 0 amide bonds. The van der Waals surface area contributed by atoms with E-state index in [4.69, 9.17) is 9.15 Å². The van der Waals surface area contributed by atoms with Gasteiger partial charge in [-0.3, -0.25) is 0 Å². The van der Waals surface area contributed by atoms with E-state index in [9.17, 15) is 0 Å². The normalized spacial score (nSPS) is 26.8. The molecule has 2 heterocycles. The second kappa shape index (κ2) is 4.68. The number of halogens is 1. The molecule has 1 saturated heterocycles. The fraction of sp³-hybridized carbons (Fsp3) is 0.636. The Hall–Kier alpha value is -0.320. The molecular weight excluding hydrogens is 258 g/mol. The maximum Gasteiger partial charge on any atom is 0.169 e. The molecule has 1 aromatic rings. The number of ether oxygens (including phenoxy) is 1. The lowest BCUT2D eigenvalue weighted by molar-refractivity contribution is -0.0629. The standard InChI is InChI=1S/C11H16BrNO2/c1-11(5-2-6-13-8-11)14-7-9-3-4-10(12)15-9/h3-4,13H,2,5-8H2,1H3. The molecule has 1 fully saturated rings. The summed E-state index contributed by atoms with van der Waals surface area (Å²) in [5.74, 6) is 0.869. The molecular formula is C11H16BrNO2. The molecule has 15 heavy (non-hydrogen) atoms. The van der Waals surface area contributed by atoms with E-state index in [1.807, 2.05) is 12.1 Å². The van der Waals surface area contributed by atoms with Crippen LogP contribution in [0.25, 0.3) is 0 Å². The maximum atomic E-state index is 5.89. The fourth-order valence-corrected chi connectivity index (χ4v) is 2.17. The molecule has 0 bridgehead atoms. The summed E-state index contributed by atoms with van der Waals surface area (Å²) in [4.78, 5) is 0. The van der Waals surface area contributed by atoms with E-state index in [-0.39, 0.29) is 5.60 Å². The summed E-state index contributed by atoms with van der Waals surface area (Å²) in [6.45, 7) is 4.72. The van der Waals surface area contributed by atoms with Gasteiger partial charge in [0.1, 0.15) is 12.4 Å². The smallest absolute Gasteiger partial charge is 0.169 e. The Morgan fingerprint density at radius 3 is 3.07 bits per heavy atom. The lowest BCUT2D eigenvalue weighted by Gasteiger charge is -2.33. The van der Waals surface area contributed by atoms with Crippen LogP contribution < -0.4 is 5.32 Å². The molecule has 1 unspecified atom stereocenters. The van der Waals surface area contributed by atoms with E-state index in [0.29, 0.717) is 6.61 Å². The Kier molecular flexibility index (Phi) is 3.49. The van der Waals surface area contributed by atoms with Crippen molar-refractivity contribution in [3.05, 3.63) is 22.6 Å². The number of nitrogens with one attached hydrogen (secondary N) is 1. The molecule has 1 aliphatic rings. The molecule has 0 radical (unpaired) electrons. The first-order chi connectivity index (χ1) is 7.18. The van der Waals surface area contributed by atoms with Gasteiger partial charge in [0.25, 0.3) is 0 Å². The highest BCUT2D eigenvalue weighted by Crippen LogP contribution is 2.23. The average Bonchev–Trinajstić information content (AvgIpc) is 2.63. The summed E-state index contributed by atoms with van der Waals surface area (Å²) in [6, 6.07) is 3.82. The molecule has 1 atom stereocenters. The van der Waals surface area contributed by atoms with E-state index < -0.39 is 0 Å². The maximum absolute atomic E-state index is 5.89. The molecule has 0 aromatic carbocycles. The van der Waals surface area contributed by atoms with Crippen LogP contribution in [0.4, 0.5) is 0 Å². The molecule has 1 aromatic heterocycles. The number of furan rings is 1. The summed E-state index contributed by atoms with van der Waals surface area (Å²) in [7, 11) is 0. The highest BCUT2D eigenvalue weighted by molar-refractivity contribution is 9.10. The summed E-state index contributed by atoms with van der Waals surface area (Å²) >= 11 is 3.28. The quantitative estimate of drug-likeness (QED) is 0.920. The summed E-state index contributed by atoms with van der Waals surface area (Å²) < 4.78 is 12.0. The minimum atomic E-state index is -0.0441. The van der Waals surface area contributed by atoms with Crippen molar-refractivity contribution >= 4 is 15.9 Å². The minimum absolute atomic E-state index is 0.0441. The molecule has 0 saturated carbocycles. The van der Waals surface area contributed by atoms with Gasteiger partial charge >= 0.3 is 0 Å². The van der Waals surface area contributed by atoms with Crippen LogP contribution >= 0.6 is 15.9 Å². The van der Waals surface area contributed by atoms with Gasteiger partial charge in [0, 0.05) is 6.54 Å². The van der Waals surface area contributed by atoms with Gasteiger partial charge in [-0.1, -0.05) is 0 Å². The van der Waals surface area contributed by atoms with Crippen LogP contribution in [0.15, 0.2) is 21.2 Å².